The first kappa shape index (κ1) is 13.2. The summed E-state index contributed by atoms with van der Waals surface area (Å²) in [6.45, 7) is 2.48. The molecule has 1 aromatic rings. The number of amides is 1. The number of benzene rings is 1. The van der Waals surface area contributed by atoms with Gasteiger partial charge >= 0.3 is 0 Å². The second-order valence-electron chi connectivity index (χ2n) is 3.59. The molecule has 17 heavy (non-hydrogen) atoms. The Morgan fingerprint density at radius 3 is 2.41 bits per heavy atom. The highest BCUT2D eigenvalue weighted by Crippen LogP contribution is 2.11. The van der Waals surface area contributed by atoms with Crippen LogP contribution in [0.2, 0.25) is 0 Å². The Balaban J connectivity index is 2.96. The standard InChI is InChI=1S/C13H13F2NO/c1-3-5-16(6-4-2)13(17)10-7-11(14)9-12(15)8-10/h1,7-9H,4-6H2,2H3. The first-order chi connectivity index (χ1) is 8.08. The van der Waals surface area contributed by atoms with Gasteiger partial charge in [0.1, 0.15) is 11.6 Å². The number of terminal acetylenes is 1. The molecule has 2 nitrogen and oxygen atoms in total. The zero-order chi connectivity index (χ0) is 12.8. The molecule has 0 unspecified atom stereocenters. The highest BCUT2D eigenvalue weighted by molar-refractivity contribution is 5.94. The summed E-state index contributed by atoms with van der Waals surface area (Å²) < 4.78 is 25.9. The molecule has 0 saturated heterocycles. The van der Waals surface area contributed by atoms with Crippen molar-refractivity contribution in [1.82, 2.24) is 4.90 Å². The lowest BCUT2D eigenvalue weighted by atomic mass is 10.2. The number of carbonyl (C=O) groups is 1. The van der Waals surface area contributed by atoms with E-state index in [0.29, 0.717) is 6.54 Å². The van der Waals surface area contributed by atoms with E-state index in [9.17, 15) is 13.6 Å². The summed E-state index contributed by atoms with van der Waals surface area (Å²) in [5.74, 6) is 0.349. The molecule has 0 heterocycles. The molecule has 0 aliphatic rings. The van der Waals surface area contributed by atoms with Gasteiger partial charge in [-0.15, -0.1) is 6.42 Å². The summed E-state index contributed by atoms with van der Waals surface area (Å²) in [7, 11) is 0. The molecule has 0 bridgehead atoms. The van der Waals surface area contributed by atoms with Crippen molar-refractivity contribution in [3.63, 3.8) is 0 Å². The van der Waals surface area contributed by atoms with Crippen LogP contribution in [-0.2, 0) is 0 Å². The van der Waals surface area contributed by atoms with Crippen LogP contribution in [0, 0.1) is 24.0 Å². The van der Waals surface area contributed by atoms with Gasteiger partial charge in [-0.1, -0.05) is 12.8 Å². The predicted octanol–water partition coefficient (Wildman–Crippen LogP) is 2.45. The van der Waals surface area contributed by atoms with Gasteiger partial charge in [-0.2, -0.15) is 0 Å². The Kier molecular flexibility index (Phi) is 4.65. The van der Waals surface area contributed by atoms with Gasteiger partial charge in [-0.3, -0.25) is 4.79 Å². The summed E-state index contributed by atoms with van der Waals surface area (Å²) in [5, 5.41) is 0. The van der Waals surface area contributed by atoms with E-state index < -0.39 is 17.5 Å². The first-order valence-electron chi connectivity index (χ1n) is 5.27. The molecular formula is C13H13F2NO. The van der Waals surface area contributed by atoms with Crippen LogP contribution in [0.1, 0.15) is 23.7 Å². The fourth-order valence-corrected chi connectivity index (χ4v) is 1.49. The second kappa shape index (κ2) is 6.00. The van der Waals surface area contributed by atoms with Gasteiger partial charge < -0.3 is 4.90 Å². The van der Waals surface area contributed by atoms with Crippen molar-refractivity contribution in [2.45, 2.75) is 13.3 Å². The van der Waals surface area contributed by atoms with Crippen LogP contribution in [0.25, 0.3) is 0 Å². The van der Waals surface area contributed by atoms with Crippen LogP contribution in [-0.4, -0.2) is 23.9 Å². The Bertz CT molecular complexity index is 431. The number of hydrogen-bond acceptors (Lipinski definition) is 1. The molecule has 0 saturated carbocycles. The third kappa shape index (κ3) is 3.56. The van der Waals surface area contributed by atoms with Gasteiger partial charge in [0.05, 0.1) is 6.54 Å². The van der Waals surface area contributed by atoms with Crippen molar-refractivity contribution in [3.05, 3.63) is 35.4 Å². The number of halogens is 2. The molecule has 0 aromatic heterocycles. The van der Waals surface area contributed by atoms with Gasteiger partial charge in [0.2, 0.25) is 0 Å². The zero-order valence-corrected chi connectivity index (χ0v) is 9.54. The third-order valence-electron chi connectivity index (χ3n) is 2.17. The normalized spacial score (nSPS) is 9.76. The van der Waals surface area contributed by atoms with Crippen molar-refractivity contribution in [2.24, 2.45) is 0 Å². The quantitative estimate of drug-likeness (QED) is 0.736. The van der Waals surface area contributed by atoms with Gasteiger partial charge in [0.15, 0.2) is 0 Å². The molecule has 0 aliphatic heterocycles. The molecule has 1 amide bonds. The van der Waals surface area contributed by atoms with E-state index in [4.69, 9.17) is 6.42 Å². The molecule has 90 valence electrons. The van der Waals surface area contributed by atoms with E-state index in [1.807, 2.05) is 6.92 Å². The molecule has 0 fully saturated rings. The van der Waals surface area contributed by atoms with Gasteiger partial charge in [-0.25, -0.2) is 8.78 Å². The van der Waals surface area contributed by atoms with E-state index in [1.165, 1.54) is 4.90 Å². The van der Waals surface area contributed by atoms with Crippen LogP contribution < -0.4 is 0 Å². The average Bonchev–Trinajstić information content (AvgIpc) is 2.26. The molecule has 0 N–H and O–H groups in total. The lowest BCUT2D eigenvalue weighted by molar-refractivity contribution is 0.0776. The SMILES string of the molecule is C#CCN(CCC)C(=O)c1cc(F)cc(F)c1. The van der Waals surface area contributed by atoms with Crippen molar-refractivity contribution in [3.8, 4) is 12.3 Å². The van der Waals surface area contributed by atoms with Crippen molar-refractivity contribution in [1.29, 1.82) is 0 Å². The molecule has 0 spiro atoms. The summed E-state index contributed by atoms with van der Waals surface area (Å²) in [6, 6.07) is 2.73. The smallest absolute Gasteiger partial charge is 0.254 e. The topological polar surface area (TPSA) is 20.3 Å². The van der Waals surface area contributed by atoms with Crippen LogP contribution in [0.5, 0.6) is 0 Å². The maximum absolute atomic E-state index is 13.0. The van der Waals surface area contributed by atoms with Crippen LogP contribution in [0.15, 0.2) is 18.2 Å². The minimum absolute atomic E-state index is 0.0220. The summed E-state index contributed by atoms with van der Waals surface area (Å²) in [4.78, 5) is 13.3. The highest BCUT2D eigenvalue weighted by atomic mass is 19.1. The van der Waals surface area contributed by atoms with E-state index in [-0.39, 0.29) is 12.1 Å². The van der Waals surface area contributed by atoms with Crippen LogP contribution in [0.4, 0.5) is 8.78 Å². The molecule has 0 aliphatic carbocycles. The van der Waals surface area contributed by atoms with Gasteiger partial charge in [0.25, 0.3) is 5.91 Å². The van der Waals surface area contributed by atoms with Crippen LogP contribution in [0.3, 0.4) is 0 Å². The lowest BCUT2D eigenvalue weighted by Gasteiger charge is -2.19. The Morgan fingerprint density at radius 1 is 1.35 bits per heavy atom. The number of nitrogens with zero attached hydrogens (tertiary/aromatic N) is 1. The zero-order valence-electron chi connectivity index (χ0n) is 9.54. The fraction of sp³-hybridized carbons (Fsp3) is 0.308. The predicted molar refractivity (Wildman–Crippen MR) is 61.4 cm³/mol. The minimum atomic E-state index is -0.773. The molecule has 4 heteroatoms. The number of hydrogen-bond donors (Lipinski definition) is 0. The fourth-order valence-electron chi connectivity index (χ4n) is 1.49. The minimum Gasteiger partial charge on any atom is -0.328 e. The molecule has 0 radical (unpaired) electrons. The number of rotatable bonds is 4. The summed E-state index contributed by atoms with van der Waals surface area (Å²) in [5.41, 5.74) is -0.0220. The van der Waals surface area contributed by atoms with Crippen molar-refractivity contribution in [2.75, 3.05) is 13.1 Å². The maximum atomic E-state index is 13.0. The average molecular weight is 237 g/mol. The van der Waals surface area contributed by atoms with E-state index >= 15 is 0 Å². The van der Waals surface area contributed by atoms with Gasteiger partial charge in [-0.05, 0) is 18.6 Å². The maximum Gasteiger partial charge on any atom is 0.254 e. The molecule has 0 atom stereocenters. The summed E-state index contributed by atoms with van der Waals surface area (Å²) >= 11 is 0. The molecule has 1 aromatic carbocycles. The molecule has 1 rings (SSSR count). The van der Waals surface area contributed by atoms with E-state index in [0.717, 1.165) is 24.6 Å². The van der Waals surface area contributed by atoms with Gasteiger partial charge in [0, 0.05) is 18.2 Å². The van der Waals surface area contributed by atoms with Crippen molar-refractivity contribution < 1.29 is 13.6 Å². The van der Waals surface area contributed by atoms with Crippen LogP contribution >= 0.6 is 0 Å². The monoisotopic (exact) mass is 237 g/mol. The largest absolute Gasteiger partial charge is 0.328 e. The van der Waals surface area contributed by atoms with E-state index in [1.54, 1.807) is 0 Å². The highest BCUT2D eigenvalue weighted by Gasteiger charge is 2.15. The van der Waals surface area contributed by atoms with Crippen molar-refractivity contribution >= 4 is 5.91 Å². The first-order valence-corrected chi connectivity index (χ1v) is 5.27. The Hall–Kier alpha value is -1.89. The lowest BCUT2D eigenvalue weighted by Crippen LogP contribution is -2.32. The Labute approximate surface area is 99.2 Å². The summed E-state index contributed by atoms with van der Waals surface area (Å²) in [6.07, 6.45) is 5.87. The molecular weight excluding hydrogens is 224 g/mol. The second-order valence-corrected chi connectivity index (χ2v) is 3.59. The third-order valence-corrected chi connectivity index (χ3v) is 2.17. The van der Waals surface area contributed by atoms with E-state index in [2.05, 4.69) is 5.92 Å². The number of carbonyl (C=O) groups excluding carboxylic acids is 1. The Morgan fingerprint density at radius 2 is 1.94 bits per heavy atom.